The van der Waals surface area contributed by atoms with E-state index in [2.05, 4.69) is 13.8 Å². The van der Waals surface area contributed by atoms with Crippen LogP contribution >= 0.6 is 0 Å². The van der Waals surface area contributed by atoms with E-state index in [4.69, 9.17) is 4.74 Å². The Hall–Kier alpha value is -0.720. The summed E-state index contributed by atoms with van der Waals surface area (Å²) in [5.74, 6) is 0. The van der Waals surface area contributed by atoms with E-state index in [-0.39, 0.29) is 0 Å². The average molecular weight is 126 g/mol. The number of allylic oxidation sites excluding steroid dienone is 3. The van der Waals surface area contributed by atoms with Crippen LogP contribution in [-0.4, -0.2) is 7.11 Å². The Morgan fingerprint density at radius 3 is 2.67 bits per heavy atom. The second-order valence-electron chi connectivity index (χ2n) is 1.93. The molecule has 0 atom stereocenters. The van der Waals surface area contributed by atoms with Crippen molar-refractivity contribution >= 4 is 0 Å². The van der Waals surface area contributed by atoms with Crippen molar-refractivity contribution in [2.45, 2.75) is 20.3 Å². The lowest BCUT2D eigenvalue weighted by atomic mass is 10.2. The van der Waals surface area contributed by atoms with Crippen LogP contribution in [-0.2, 0) is 4.74 Å². The van der Waals surface area contributed by atoms with E-state index in [1.807, 2.05) is 12.2 Å². The summed E-state index contributed by atoms with van der Waals surface area (Å²) in [6, 6.07) is 0. The first-order valence-corrected chi connectivity index (χ1v) is 3.16. The second kappa shape index (κ2) is 5.42. The van der Waals surface area contributed by atoms with Gasteiger partial charge in [0.25, 0.3) is 0 Å². The first kappa shape index (κ1) is 8.28. The molecule has 1 heteroatoms. The molecule has 0 aromatic carbocycles. The zero-order valence-corrected chi connectivity index (χ0v) is 6.35. The molecule has 0 aromatic rings. The lowest BCUT2D eigenvalue weighted by molar-refractivity contribution is 0.338. The van der Waals surface area contributed by atoms with E-state index in [9.17, 15) is 0 Å². The molecule has 0 unspecified atom stereocenters. The highest BCUT2D eigenvalue weighted by Crippen LogP contribution is 1.96. The summed E-state index contributed by atoms with van der Waals surface area (Å²) in [5.41, 5.74) is 1.36. The fourth-order valence-corrected chi connectivity index (χ4v) is 0.400. The maximum atomic E-state index is 4.71. The summed E-state index contributed by atoms with van der Waals surface area (Å²) in [5, 5.41) is 0. The zero-order valence-electron chi connectivity index (χ0n) is 6.35. The van der Waals surface area contributed by atoms with Gasteiger partial charge in [-0.25, -0.2) is 0 Å². The van der Waals surface area contributed by atoms with Crippen molar-refractivity contribution in [3.63, 3.8) is 0 Å². The van der Waals surface area contributed by atoms with E-state index in [1.165, 1.54) is 5.57 Å². The van der Waals surface area contributed by atoms with Gasteiger partial charge in [-0.2, -0.15) is 0 Å². The molecular weight excluding hydrogens is 112 g/mol. The number of hydrogen-bond acceptors (Lipinski definition) is 1. The lowest BCUT2D eigenvalue weighted by Gasteiger charge is -1.88. The first-order chi connectivity index (χ1) is 4.31. The van der Waals surface area contributed by atoms with E-state index in [0.717, 1.165) is 6.42 Å². The second-order valence-corrected chi connectivity index (χ2v) is 1.93. The van der Waals surface area contributed by atoms with Crippen LogP contribution in [0, 0.1) is 0 Å². The Bertz CT molecular complexity index is 112. The van der Waals surface area contributed by atoms with Gasteiger partial charge < -0.3 is 4.74 Å². The molecule has 0 spiro atoms. The molecule has 0 aliphatic rings. The molecule has 0 N–H and O–H groups in total. The van der Waals surface area contributed by atoms with E-state index in [0.29, 0.717) is 0 Å². The van der Waals surface area contributed by atoms with Gasteiger partial charge in [0.15, 0.2) is 0 Å². The molecule has 1 nitrogen and oxygen atoms in total. The fraction of sp³-hybridized carbons (Fsp3) is 0.500. The fourth-order valence-electron chi connectivity index (χ4n) is 0.400. The van der Waals surface area contributed by atoms with Crippen molar-refractivity contribution < 1.29 is 4.74 Å². The third-order valence-corrected chi connectivity index (χ3v) is 1.15. The molecule has 0 aliphatic heterocycles. The van der Waals surface area contributed by atoms with Gasteiger partial charge in [-0.3, -0.25) is 0 Å². The van der Waals surface area contributed by atoms with Crippen molar-refractivity contribution in [3.8, 4) is 0 Å². The summed E-state index contributed by atoms with van der Waals surface area (Å²) in [4.78, 5) is 0. The minimum absolute atomic E-state index is 1.11. The van der Waals surface area contributed by atoms with Crippen LogP contribution in [0.15, 0.2) is 24.0 Å². The Balaban J connectivity index is 3.55. The number of ether oxygens (including phenoxy) is 1. The minimum atomic E-state index is 1.11. The molecule has 0 saturated heterocycles. The molecule has 9 heavy (non-hydrogen) atoms. The highest BCUT2D eigenvalue weighted by atomic mass is 16.5. The number of methoxy groups -OCH3 is 1. The molecule has 0 bridgehead atoms. The zero-order chi connectivity index (χ0) is 7.11. The van der Waals surface area contributed by atoms with Crippen LogP contribution in [0.4, 0.5) is 0 Å². The van der Waals surface area contributed by atoms with E-state index >= 15 is 0 Å². The Labute approximate surface area is 57.0 Å². The van der Waals surface area contributed by atoms with Crippen LogP contribution in [0.3, 0.4) is 0 Å². The average Bonchev–Trinajstić information content (AvgIpc) is 1.89. The first-order valence-electron chi connectivity index (χ1n) is 3.16. The van der Waals surface area contributed by atoms with Gasteiger partial charge >= 0.3 is 0 Å². The summed E-state index contributed by atoms with van der Waals surface area (Å²) in [6.45, 7) is 4.23. The smallest absolute Gasteiger partial charge is 0.0824 e. The van der Waals surface area contributed by atoms with Gasteiger partial charge in [0.05, 0.1) is 13.4 Å². The molecule has 0 fully saturated rings. The number of rotatable bonds is 3. The molecule has 0 rings (SSSR count). The predicted octanol–water partition coefficient (Wildman–Crippen LogP) is 2.50. The van der Waals surface area contributed by atoms with Gasteiger partial charge in [0.2, 0.25) is 0 Å². The summed E-state index contributed by atoms with van der Waals surface area (Å²) in [7, 11) is 1.64. The maximum absolute atomic E-state index is 4.71. The van der Waals surface area contributed by atoms with E-state index < -0.39 is 0 Å². The quantitative estimate of drug-likeness (QED) is 0.417. The normalized spacial score (nSPS) is 12.6. The van der Waals surface area contributed by atoms with Crippen LogP contribution < -0.4 is 0 Å². The third-order valence-electron chi connectivity index (χ3n) is 1.15. The van der Waals surface area contributed by atoms with Crippen LogP contribution in [0.2, 0.25) is 0 Å². The summed E-state index contributed by atoms with van der Waals surface area (Å²) in [6.07, 6.45) is 6.72. The standard InChI is InChI=1S/C8H14O/c1-4-8(2)6-5-7-9-3/h5-7H,4H2,1-3H3/b7-5-,8-6?. The lowest BCUT2D eigenvalue weighted by Crippen LogP contribution is -1.68. The van der Waals surface area contributed by atoms with Gasteiger partial charge in [-0.05, 0) is 19.4 Å². The Morgan fingerprint density at radius 1 is 1.56 bits per heavy atom. The molecule has 0 amide bonds. The monoisotopic (exact) mass is 126 g/mol. The molecule has 0 aromatic heterocycles. The minimum Gasteiger partial charge on any atom is -0.504 e. The van der Waals surface area contributed by atoms with E-state index in [1.54, 1.807) is 13.4 Å². The SMILES string of the molecule is CCC(C)=C/C=C\OC. The highest BCUT2D eigenvalue weighted by molar-refractivity contribution is 5.08. The van der Waals surface area contributed by atoms with Gasteiger partial charge in [0, 0.05) is 0 Å². The highest BCUT2D eigenvalue weighted by Gasteiger charge is 1.76. The molecule has 0 aliphatic carbocycles. The topological polar surface area (TPSA) is 9.23 Å². The Morgan fingerprint density at radius 2 is 2.22 bits per heavy atom. The van der Waals surface area contributed by atoms with Crippen LogP contribution in [0.25, 0.3) is 0 Å². The van der Waals surface area contributed by atoms with Gasteiger partial charge in [-0.1, -0.05) is 18.6 Å². The largest absolute Gasteiger partial charge is 0.504 e. The number of hydrogen-bond donors (Lipinski definition) is 0. The third kappa shape index (κ3) is 5.15. The van der Waals surface area contributed by atoms with Crippen molar-refractivity contribution in [1.82, 2.24) is 0 Å². The van der Waals surface area contributed by atoms with Crippen molar-refractivity contribution in [3.05, 3.63) is 24.0 Å². The predicted molar refractivity (Wildman–Crippen MR) is 40.2 cm³/mol. The van der Waals surface area contributed by atoms with Crippen molar-refractivity contribution in [2.75, 3.05) is 7.11 Å². The van der Waals surface area contributed by atoms with Crippen LogP contribution in [0.5, 0.6) is 0 Å². The molecule has 0 saturated carbocycles. The van der Waals surface area contributed by atoms with Gasteiger partial charge in [0.1, 0.15) is 0 Å². The molecule has 0 radical (unpaired) electrons. The summed E-state index contributed by atoms with van der Waals surface area (Å²) < 4.78 is 4.71. The Kier molecular flexibility index (Phi) is 4.98. The molecule has 0 heterocycles. The van der Waals surface area contributed by atoms with Crippen molar-refractivity contribution in [1.29, 1.82) is 0 Å². The van der Waals surface area contributed by atoms with Crippen LogP contribution in [0.1, 0.15) is 20.3 Å². The molecule has 52 valence electrons. The van der Waals surface area contributed by atoms with Gasteiger partial charge in [-0.15, -0.1) is 0 Å². The maximum Gasteiger partial charge on any atom is 0.0824 e. The van der Waals surface area contributed by atoms with Crippen molar-refractivity contribution in [2.24, 2.45) is 0 Å². The molecular formula is C8H14O. The summed E-state index contributed by atoms with van der Waals surface area (Å²) >= 11 is 0.